The maximum absolute atomic E-state index is 5.50. The Morgan fingerprint density at radius 3 is 2.75 bits per heavy atom. The van der Waals surface area contributed by atoms with Crippen molar-refractivity contribution in [2.45, 2.75) is 32.2 Å². The molecule has 2 aliphatic rings. The number of rotatable bonds is 6. The van der Waals surface area contributed by atoms with Gasteiger partial charge in [0.05, 0.1) is 7.11 Å². The summed E-state index contributed by atoms with van der Waals surface area (Å²) >= 11 is 0. The lowest BCUT2D eigenvalue weighted by Gasteiger charge is -2.24. The summed E-state index contributed by atoms with van der Waals surface area (Å²) in [6, 6.07) is 8.77. The van der Waals surface area contributed by atoms with Gasteiger partial charge in [-0.15, -0.1) is 0 Å². The number of nitrogens with one attached hydrogen (secondary N) is 1. The van der Waals surface area contributed by atoms with Crippen molar-refractivity contribution in [1.82, 2.24) is 5.32 Å². The lowest BCUT2D eigenvalue weighted by atomic mass is 9.92. The molecule has 0 amide bonds. The molecule has 1 saturated carbocycles. The van der Waals surface area contributed by atoms with Crippen LogP contribution in [0.25, 0.3) is 0 Å². The van der Waals surface area contributed by atoms with Gasteiger partial charge in [-0.25, -0.2) is 0 Å². The fourth-order valence-corrected chi connectivity index (χ4v) is 3.85. The van der Waals surface area contributed by atoms with Crippen molar-refractivity contribution >= 4 is 0 Å². The molecule has 3 rings (SSSR count). The second-order valence-corrected chi connectivity index (χ2v) is 6.15. The Bertz CT molecular complexity index is 482. The third-order valence-electron chi connectivity index (χ3n) is 4.97. The normalized spacial score (nSPS) is 28.8. The molecule has 2 bridgehead atoms. The Balaban J connectivity index is 1.64. The minimum atomic E-state index is 0.397. The lowest BCUT2D eigenvalue weighted by molar-refractivity contribution is 0.366. The van der Waals surface area contributed by atoms with Crippen LogP contribution in [0.1, 0.15) is 37.8 Å². The number of benzene rings is 1. The van der Waals surface area contributed by atoms with Gasteiger partial charge in [-0.1, -0.05) is 37.3 Å². The van der Waals surface area contributed by atoms with Gasteiger partial charge in [0, 0.05) is 11.6 Å². The highest BCUT2D eigenvalue weighted by Gasteiger charge is 2.35. The van der Waals surface area contributed by atoms with Crippen molar-refractivity contribution in [3.05, 3.63) is 42.0 Å². The molecule has 4 atom stereocenters. The van der Waals surface area contributed by atoms with E-state index in [1.54, 1.807) is 7.11 Å². The Labute approximate surface area is 122 Å². The van der Waals surface area contributed by atoms with Gasteiger partial charge in [-0.2, -0.15) is 0 Å². The number of hydrogen-bond acceptors (Lipinski definition) is 2. The van der Waals surface area contributed by atoms with E-state index < -0.39 is 0 Å². The SMILES string of the molecule is CCC(NCC1CC2C=CC1C2)c1ccccc1OC. The van der Waals surface area contributed by atoms with Crippen molar-refractivity contribution < 1.29 is 4.74 Å². The summed E-state index contributed by atoms with van der Waals surface area (Å²) in [5.74, 6) is 3.51. The third-order valence-corrected chi connectivity index (χ3v) is 4.97. The van der Waals surface area contributed by atoms with E-state index in [2.05, 4.69) is 42.6 Å². The summed E-state index contributed by atoms with van der Waals surface area (Å²) in [7, 11) is 1.76. The van der Waals surface area contributed by atoms with Gasteiger partial charge in [0.15, 0.2) is 0 Å². The molecule has 4 unspecified atom stereocenters. The number of hydrogen-bond donors (Lipinski definition) is 1. The molecule has 1 aromatic carbocycles. The molecule has 1 aromatic rings. The van der Waals surface area contributed by atoms with Crippen LogP contribution >= 0.6 is 0 Å². The quantitative estimate of drug-likeness (QED) is 0.791. The molecule has 0 saturated heterocycles. The fraction of sp³-hybridized carbons (Fsp3) is 0.556. The van der Waals surface area contributed by atoms with Gasteiger partial charge >= 0.3 is 0 Å². The van der Waals surface area contributed by atoms with E-state index in [1.165, 1.54) is 18.4 Å². The summed E-state index contributed by atoms with van der Waals surface area (Å²) in [5, 5.41) is 3.77. The molecule has 0 radical (unpaired) electrons. The number of methoxy groups -OCH3 is 1. The first-order valence-corrected chi connectivity index (χ1v) is 7.86. The molecule has 0 aromatic heterocycles. The number of para-hydroxylation sites is 1. The average molecular weight is 271 g/mol. The molecule has 0 spiro atoms. The van der Waals surface area contributed by atoms with Crippen LogP contribution in [-0.4, -0.2) is 13.7 Å². The van der Waals surface area contributed by atoms with Crippen molar-refractivity contribution in [3.8, 4) is 5.75 Å². The van der Waals surface area contributed by atoms with Crippen LogP contribution in [0.15, 0.2) is 36.4 Å². The van der Waals surface area contributed by atoms with E-state index in [-0.39, 0.29) is 0 Å². The zero-order valence-corrected chi connectivity index (χ0v) is 12.5. The third kappa shape index (κ3) is 2.62. The van der Waals surface area contributed by atoms with E-state index in [1.807, 2.05) is 6.07 Å². The van der Waals surface area contributed by atoms with Crippen LogP contribution < -0.4 is 10.1 Å². The zero-order valence-electron chi connectivity index (χ0n) is 12.5. The minimum absolute atomic E-state index is 0.397. The van der Waals surface area contributed by atoms with Crippen LogP contribution in [0.2, 0.25) is 0 Å². The van der Waals surface area contributed by atoms with Crippen LogP contribution in [0.3, 0.4) is 0 Å². The fourth-order valence-electron chi connectivity index (χ4n) is 3.85. The van der Waals surface area contributed by atoms with Crippen LogP contribution in [0.4, 0.5) is 0 Å². The van der Waals surface area contributed by atoms with Crippen LogP contribution in [0, 0.1) is 17.8 Å². The van der Waals surface area contributed by atoms with Gasteiger partial charge in [-0.3, -0.25) is 0 Å². The maximum Gasteiger partial charge on any atom is 0.123 e. The summed E-state index contributed by atoms with van der Waals surface area (Å²) in [6.45, 7) is 3.37. The Morgan fingerprint density at radius 1 is 1.25 bits per heavy atom. The van der Waals surface area contributed by atoms with Crippen molar-refractivity contribution in [3.63, 3.8) is 0 Å². The van der Waals surface area contributed by atoms with Crippen molar-refractivity contribution in [2.75, 3.05) is 13.7 Å². The average Bonchev–Trinajstić information content (AvgIpc) is 3.11. The molecule has 1 N–H and O–H groups in total. The largest absolute Gasteiger partial charge is 0.496 e. The number of allylic oxidation sites excluding steroid dienone is 2. The monoisotopic (exact) mass is 271 g/mol. The van der Waals surface area contributed by atoms with Crippen molar-refractivity contribution in [1.29, 1.82) is 0 Å². The minimum Gasteiger partial charge on any atom is -0.496 e. The first-order chi connectivity index (χ1) is 9.81. The second-order valence-electron chi connectivity index (χ2n) is 6.15. The molecule has 0 aliphatic heterocycles. The van der Waals surface area contributed by atoms with E-state index in [0.717, 1.165) is 36.5 Å². The van der Waals surface area contributed by atoms with E-state index in [9.17, 15) is 0 Å². The van der Waals surface area contributed by atoms with Crippen molar-refractivity contribution in [2.24, 2.45) is 17.8 Å². The molecule has 2 nitrogen and oxygen atoms in total. The van der Waals surface area contributed by atoms with Gasteiger partial charge in [-0.05, 0) is 49.6 Å². The highest BCUT2D eigenvalue weighted by Crippen LogP contribution is 2.43. The molecule has 2 aliphatic carbocycles. The molecule has 108 valence electrons. The Kier molecular flexibility index (Phi) is 4.11. The Hall–Kier alpha value is -1.28. The summed E-state index contributed by atoms with van der Waals surface area (Å²) < 4.78 is 5.50. The first kappa shape index (κ1) is 13.7. The smallest absolute Gasteiger partial charge is 0.123 e. The predicted octanol–water partition coefficient (Wildman–Crippen LogP) is 3.95. The summed E-state index contributed by atoms with van der Waals surface area (Å²) in [4.78, 5) is 0. The molecular formula is C18H25NO. The van der Waals surface area contributed by atoms with E-state index >= 15 is 0 Å². The highest BCUT2D eigenvalue weighted by molar-refractivity contribution is 5.35. The first-order valence-electron chi connectivity index (χ1n) is 7.86. The molecule has 2 heteroatoms. The standard InChI is InChI=1S/C18H25NO/c1-3-17(16-6-4-5-7-18(16)20-2)19-12-15-11-13-8-9-14(15)10-13/h4-9,13-15,17,19H,3,10-12H2,1-2H3. The summed E-state index contributed by atoms with van der Waals surface area (Å²) in [6.07, 6.45) is 8.70. The van der Waals surface area contributed by atoms with Gasteiger partial charge in [0.1, 0.15) is 5.75 Å². The number of fused-ring (bicyclic) bond motifs is 2. The topological polar surface area (TPSA) is 21.3 Å². The lowest BCUT2D eigenvalue weighted by Crippen LogP contribution is -2.29. The predicted molar refractivity (Wildman–Crippen MR) is 82.9 cm³/mol. The summed E-state index contributed by atoms with van der Waals surface area (Å²) in [5.41, 5.74) is 1.29. The van der Waals surface area contributed by atoms with Gasteiger partial charge < -0.3 is 10.1 Å². The van der Waals surface area contributed by atoms with E-state index in [0.29, 0.717) is 6.04 Å². The highest BCUT2D eigenvalue weighted by atomic mass is 16.5. The van der Waals surface area contributed by atoms with Gasteiger partial charge in [0.2, 0.25) is 0 Å². The Morgan fingerprint density at radius 2 is 2.10 bits per heavy atom. The molecule has 1 fully saturated rings. The molecular weight excluding hydrogens is 246 g/mol. The van der Waals surface area contributed by atoms with E-state index in [4.69, 9.17) is 4.74 Å². The maximum atomic E-state index is 5.50. The molecule has 0 heterocycles. The zero-order chi connectivity index (χ0) is 13.9. The van der Waals surface area contributed by atoms with Crippen LogP contribution in [0.5, 0.6) is 5.75 Å². The molecule has 20 heavy (non-hydrogen) atoms. The number of ether oxygens (including phenoxy) is 1. The second kappa shape index (κ2) is 6.01. The van der Waals surface area contributed by atoms with Crippen LogP contribution in [-0.2, 0) is 0 Å². The van der Waals surface area contributed by atoms with Gasteiger partial charge in [0.25, 0.3) is 0 Å².